The zero-order valence-electron chi connectivity index (χ0n) is 7.29. The summed E-state index contributed by atoms with van der Waals surface area (Å²) in [4.78, 5) is 4.03. The van der Waals surface area contributed by atoms with E-state index in [-0.39, 0.29) is 5.82 Å². The molecule has 0 N–H and O–H groups in total. The number of aryl methyl sites for hydroxylation is 1. The Hall–Kier alpha value is -1.23. The molecule has 0 atom stereocenters. The maximum Gasteiger partial charge on any atom is 0.223 e. The van der Waals surface area contributed by atoms with Crippen LogP contribution in [0.5, 0.6) is 0 Å². The summed E-state index contributed by atoms with van der Waals surface area (Å²) < 4.78 is 18.1. The van der Waals surface area contributed by atoms with Gasteiger partial charge >= 0.3 is 0 Å². The minimum atomic E-state index is -0.311. The molecule has 2 rings (SSSR count). The van der Waals surface area contributed by atoms with Gasteiger partial charge in [0.25, 0.3) is 0 Å². The molecule has 0 fully saturated rings. The zero-order valence-corrected chi connectivity index (χ0v) is 8.88. The largest absolute Gasteiger partial charge is 0.339 e. The van der Waals surface area contributed by atoms with Crippen LogP contribution in [0.15, 0.2) is 27.2 Å². The van der Waals surface area contributed by atoms with E-state index in [0.29, 0.717) is 16.2 Å². The molecule has 0 radical (unpaired) electrons. The van der Waals surface area contributed by atoms with E-state index in [0.717, 1.165) is 5.56 Å². The molecule has 14 heavy (non-hydrogen) atoms. The van der Waals surface area contributed by atoms with Gasteiger partial charge in [0.2, 0.25) is 11.7 Å². The van der Waals surface area contributed by atoms with Crippen molar-refractivity contribution in [2.24, 2.45) is 0 Å². The first-order valence-electron chi connectivity index (χ1n) is 3.92. The first-order chi connectivity index (χ1) is 6.66. The molecular weight excluding hydrogens is 251 g/mol. The van der Waals surface area contributed by atoms with Gasteiger partial charge in [0.1, 0.15) is 5.82 Å². The molecule has 0 aliphatic carbocycles. The van der Waals surface area contributed by atoms with Crippen molar-refractivity contribution >= 4 is 15.9 Å². The maximum atomic E-state index is 12.9. The third-order valence-corrected chi connectivity index (χ3v) is 2.31. The maximum absolute atomic E-state index is 12.9. The van der Waals surface area contributed by atoms with Crippen LogP contribution in [-0.2, 0) is 0 Å². The van der Waals surface area contributed by atoms with Crippen LogP contribution in [0.3, 0.4) is 0 Å². The molecule has 0 unspecified atom stereocenters. The van der Waals surface area contributed by atoms with Gasteiger partial charge in [0.05, 0.1) is 4.47 Å². The number of aromatic nitrogens is 2. The van der Waals surface area contributed by atoms with Gasteiger partial charge in [0.15, 0.2) is 0 Å². The van der Waals surface area contributed by atoms with Crippen molar-refractivity contribution in [1.82, 2.24) is 10.1 Å². The number of rotatable bonds is 1. The summed E-state index contributed by atoms with van der Waals surface area (Å²) in [6.07, 6.45) is 0. The summed E-state index contributed by atoms with van der Waals surface area (Å²) in [5, 5.41) is 3.73. The van der Waals surface area contributed by atoms with Gasteiger partial charge in [-0.15, -0.1) is 0 Å². The molecule has 1 aromatic carbocycles. The van der Waals surface area contributed by atoms with Crippen LogP contribution in [0.25, 0.3) is 11.4 Å². The molecule has 5 heteroatoms. The lowest BCUT2D eigenvalue weighted by molar-refractivity contribution is 0.394. The average Bonchev–Trinajstić information content (AvgIpc) is 2.57. The molecule has 0 bridgehead atoms. The summed E-state index contributed by atoms with van der Waals surface area (Å²) in [7, 11) is 0. The van der Waals surface area contributed by atoms with Gasteiger partial charge in [-0.25, -0.2) is 4.39 Å². The van der Waals surface area contributed by atoms with Crippen molar-refractivity contribution < 1.29 is 8.91 Å². The fourth-order valence-electron chi connectivity index (χ4n) is 1.05. The molecule has 72 valence electrons. The van der Waals surface area contributed by atoms with Crippen molar-refractivity contribution in [3.8, 4) is 11.4 Å². The van der Waals surface area contributed by atoms with E-state index in [1.807, 2.05) is 0 Å². The Balaban J connectivity index is 2.47. The summed E-state index contributed by atoms with van der Waals surface area (Å²) in [5.41, 5.74) is 0.718. The Morgan fingerprint density at radius 3 is 2.79 bits per heavy atom. The van der Waals surface area contributed by atoms with Crippen LogP contribution >= 0.6 is 15.9 Å². The predicted octanol–water partition coefficient (Wildman–Crippen LogP) is 2.95. The molecule has 2 aromatic rings. The van der Waals surface area contributed by atoms with E-state index in [4.69, 9.17) is 4.52 Å². The summed E-state index contributed by atoms with van der Waals surface area (Å²) in [5.74, 6) is 0.637. The molecule has 3 nitrogen and oxygen atoms in total. The van der Waals surface area contributed by atoms with Crippen molar-refractivity contribution in [2.75, 3.05) is 0 Å². The molecule has 0 spiro atoms. The molecule has 0 saturated carbocycles. The van der Waals surface area contributed by atoms with Crippen LogP contribution in [0.4, 0.5) is 4.39 Å². The van der Waals surface area contributed by atoms with Crippen molar-refractivity contribution in [3.63, 3.8) is 0 Å². The van der Waals surface area contributed by atoms with E-state index in [2.05, 4.69) is 26.1 Å². The Labute approximate surface area is 88.1 Å². The monoisotopic (exact) mass is 256 g/mol. The van der Waals surface area contributed by atoms with Gasteiger partial charge in [0, 0.05) is 12.5 Å². The van der Waals surface area contributed by atoms with Crippen LogP contribution in [-0.4, -0.2) is 10.1 Å². The molecular formula is C9H6BrFN2O. The second-order valence-corrected chi connectivity index (χ2v) is 3.62. The number of hydrogen-bond acceptors (Lipinski definition) is 3. The normalized spacial score (nSPS) is 10.5. The quantitative estimate of drug-likeness (QED) is 0.788. The number of benzene rings is 1. The minimum Gasteiger partial charge on any atom is -0.339 e. The first-order valence-corrected chi connectivity index (χ1v) is 4.72. The third-order valence-electron chi connectivity index (χ3n) is 1.71. The van der Waals surface area contributed by atoms with Crippen molar-refractivity contribution in [2.45, 2.75) is 6.92 Å². The van der Waals surface area contributed by atoms with Gasteiger partial charge < -0.3 is 4.52 Å². The second kappa shape index (κ2) is 3.49. The highest BCUT2D eigenvalue weighted by atomic mass is 79.9. The van der Waals surface area contributed by atoms with E-state index >= 15 is 0 Å². The Bertz CT molecular complexity index is 470. The minimum absolute atomic E-state index is 0.311. The summed E-state index contributed by atoms with van der Waals surface area (Å²) in [6, 6.07) is 4.56. The van der Waals surface area contributed by atoms with Gasteiger partial charge in [-0.05, 0) is 34.1 Å². The highest BCUT2D eigenvalue weighted by molar-refractivity contribution is 9.10. The zero-order chi connectivity index (χ0) is 10.1. The highest BCUT2D eigenvalue weighted by Crippen LogP contribution is 2.22. The van der Waals surface area contributed by atoms with Crippen LogP contribution in [0.1, 0.15) is 5.89 Å². The van der Waals surface area contributed by atoms with Gasteiger partial charge in [-0.3, -0.25) is 0 Å². The molecule has 0 saturated heterocycles. The van der Waals surface area contributed by atoms with Crippen molar-refractivity contribution in [3.05, 3.63) is 34.4 Å². The number of halogens is 2. The van der Waals surface area contributed by atoms with E-state index in [9.17, 15) is 4.39 Å². The third kappa shape index (κ3) is 1.68. The summed E-state index contributed by atoms with van der Waals surface area (Å²) >= 11 is 3.09. The molecule has 0 aliphatic rings. The Kier molecular flexibility index (Phi) is 2.33. The smallest absolute Gasteiger partial charge is 0.223 e. The van der Waals surface area contributed by atoms with Gasteiger partial charge in [-0.2, -0.15) is 4.98 Å². The lowest BCUT2D eigenvalue weighted by Gasteiger charge is -1.96. The number of nitrogens with zero attached hydrogens (tertiary/aromatic N) is 2. The topological polar surface area (TPSA) is 38.9 Å². The molecule has 1 aromatic heterocycles. The van der Waals surface area contributed by atoms with Crippen LogP contribution < -0.4 is 0 Å². The Morgan fingerprint density at radius 1 is 1.43 bits per heavy atom. The van der Waals surface area contributed by atoms with Crippen LogP contribution in [0, 0.1) is 12.7 Å². The van der Waals surface area contributed by atoms with E-state index in [1.165, 1.54) is 6.07 Å². The Morgan fingerprint density at radius 2 is 2.21 bits per heavy atom. The van der Waals surface area contributed by atoms with Gasteiger partial charge in [-0.1, -0.05) is 5.16 Å². The molecule has 0 aliphatic heterocycles. The molecule has 0 amide bonds. The first kappa shape index (κ1) is 9.33. The van der Waals surface area contributed by atoms with E-state index < -0.39 is 0 Å². The molecule has 1 heterocycles. The van der Waals surface area contributed by atoms with E-state index in [1.54, 1.807) is 19.1 Å². The fraction of sp³-hybridized carbons (Fsp3) is 0.111. The average molecular weight is 257 g/mol. The lowest BCUT2D eigenvalue weighted by atomic mass is 10.2. The van der Waals surface area contributed by atoms with Crippen molar-refractivity contribution in [1.29, 1.82) is 0 Å². The SMILES string of the molecule is Cc1nc(-c2ccc(F)c(Br)c2)no1. The summed E-state index contributed by atoms with van der Waals surface area (Å²) in [6.45, 7) is 1.70. The highest BCUT2D eigenvalue weighted by Gasteiger charge is 2.07. The van der Waals surface area contributed by atoms with Crippen LogP contribution in [0.2, 0.25) is 0 Å². The predicted molar refractivity (Wildman–Crippen MR) is 52.1 cm³/mol. The standard InChI is InChI=1S/C9H6BrFN2O/c1-5-12-9(13-14-5)6-2-3-8(11)7(10)4-6/h2-4H,1H3. The fourth-order valence-corrected chi connectivity index (χ4v) is 1.43. The number of hydrogen-bond donors (Lipinski definition) is 0. The second-order valence-electron chi connectivity index (χ2n) is 2.77. The lowest BCUT2D eigenvalue weighted by Crippen LogP contribution is -1.83.